The highest BCUT2D eigenvalue weighted by Gasteiger charge is 2.20. The van der Waals surface area contributed by atoms with Crippen molar-refractivity contribution in [1.29, 1.82) is 0 Å². The molecule has 3 aromatic rings. The van der Waals surface area contributed by atoms with Crippen molar-refractivity contribution < 1.29 is 18.7 Å². The van der Waals surface area contributed by atoms with Gasteiger partial charge in [-0.2, -0.15) is 0 Å². The Hall–Kier alpha value is -3.15. The molecule has 2 heterocycles. The number of furan rings is 1. The molecule has 0 atom stereocenters. The minimum absolute atomic E-state index is 0.250. The number of nitrogens with zero attached hydrogens (tertiary/aromatic N) is 1. The van der Waals surface area contributed by atoms with Crippen LogP contribution in [0.15, 0.2) is 47.1 Å². The Balaban J connectivity index is 1.71. The summed E-state index contributed by atoms with van der Waals surface area (Å²) in [5.74, 6) is -0.294. The van der Waals surface area contributed by atoms with Crippen LogP contribution in [0.1, 0.15) is 34.3 Å². The van der Waals surface area contributed by atoms with E-state index in [2.05, 4.69) is 10.3 Å². The van der Waals surface area contributed by atoms with Gasteiger partial charge in [0.05, 0.1) is 29.6 Å². The molecule has 6 nitrogen and oxygen atoms in total. The van der Waals surface area contributed by atoms with Crippen LogP contribution in [-0.2, 0) is 22.5 Å². The predicted octanol–water partition coefficient (Wildman–Crippen LogP) is 3.17. The molecule has 0 unspecified atom stereocenters. The Labute approximate surface area is 151 Å². The third-order valence-electron chi connectivity index (χ3n) is 4.14. The van der Waals surface area contributed by atoms with Crippen molar-refractivity contribution in [2.75, 3.05) is 6.61 Å². The normalized spacial score (nSPS) is 10.7. The first-order valence-electron chi connectivity index (χ1n) is 8.44. The first-order chi connectivity index (χ1) is 12.6. The van der Waals surface area contributed by atoms with Crippen LogP contribution in [0.25, 0.3) is 10.9 Å². The molecule has 0 fully saturated rings. The van der Waals surface area contributed by atoms with Crippen molar-refractivity contribution in [3.05, 3.63) is 65.2 Å². The zero-order chi connectivity index (χ0) is 18.5. The minimum Gasteiger partial charge on any atom is -0.467 e. The maximum atomic E-state index is 12.6. The molecule has 0 bridgehead atoms. The summed E-state index contributed by atoms with van der Waals surface area (Å²) in [6.45, 7) is 3.70. The molecule has 0 aliphatic rings. The average molecular weight is 352 g/mol. The molecule has 0 saturated carbocycles. The van der Waals surface area contributed by atoms with Crippen molar-refractivity contribution in [2.45, 2.75) is 26.8 Å². The van der Waals surface area contributed by atoms with Gasteiger partial charge in [-0.3, -0.25) is 9.78 Å². The number of nitrogens with one attached hydrogen (secondary N) is 1. The van der Waals surface area contributed by atoms with Gasteiger partial charge >= 0.3 is 5.97 Å². The van der Waals surface area contributed by atoms with Gasteiger partial charge in [0.25, 0.3) is 5.91 Å². The second-order valence-electron chi connectivity index (χ2n) is 5.86. The number of fused-ring (bicyclic) bond motifs is 1. The van der Waals surface area contributed by atoms with E-state index < -0.39 is 5.97 Å². The van der Waals surface area contributed by atoms with E-state index in [-0.39, 0.29) is 19.1 Å². The van der Waals surface area contributed by atoms with Crippen LogP contribution >= 0.6 is 0 Å². The average Bonchev–Trinajstić information content (AvgIpc) is 3.18. The van der Waals surface area contributed by atoms with Crippen molar-refractivity contribution >= 4 is 22.8 Å². The summed E-state index contributed by atoms with van der Waals surface area (Å²) in [6.07, 6.45) is 2.13. The van der Waals surface area contributed by atoms with Crippen molar-refractivity contribution in [1.82, 2.24) is 10.3 Å². The highest BCUT2D eigenvalue weighted by Crippen LogP contribution is 2.24. The number of amides is 1. The molecule has 2 aromatic heterocycles. The highest BCUT2D eigenvalue weighted by molar-refractivity contribution is 5.99. The van der Waals surface area contributed by atoms with Gasteiger partial charge in [0.15, 0.2) is 6.61 Å². The molecule has 26 heavy (non-hydrogen) atoms. The standard InChI is InChI=1S/C20H20N2O4/c1-3-16-19(13(2)15-8-4-5-9-17(15)22-16)20(24)26-12-18(23)21-11-14-7-6-10-25-14/h4-10H,3,11-12H2,1-2H3,(H,21,23). The Bertz CT molecular complexity index is 932. The molecule has 0 spiro atoms. The number of hydrogen-bond acceptors (Lipinski definition) is 5. The summed E-state index contributed by atoms with van der Waals surface area (Å²) < 4.78 is 10.3. The molecule has 134 valence electrons. The number of carbonyl (C=O) groups excluding carboxylic acids is 2. The van der Waals surface area contributed by atoms with Crippen molar-refractivity contribution in [3.8, 4) is 0 Å². The molecule has 1 N–H and O–H groups in total. The Morgan fingerprint density at radius 3 is 2.73 bits per heavy atom. The van der Waals surface area contributed by atoms with E-state index >= 15 is 0 Å². The Morgan fingerprint density at radius 2 is 2.00 bits per heavy atom. The minimum atomic E-state index is -0.536. The molecule has 0 saturated heterocycles. The van der Waals surface area contributed by atoms with Gasteiger partial charge < -0.3 is 14.5 Å². The van der Waals surface area contributed by atoms with Crippen LogP contribution in [-0.4, -0.2) is 23.5 Å². The molecule has 0 aliphatic carbocycles. The van der Waals surface area contributed by atoms with E-state index in [9.17, 15) is 9.59 Å². The van der Waals surface area contributed by atoms with E-state index in [1.165, 1.54) is 6.26 Å². The van der Waals surface area contributed by atoms with Crippen molar-refractivity contribution in [2.24, 2.45) is 0 Å². The van der Waals surface area contributed by atoms with Crippen LogP contribution in [0.5, 0.6) is 0 Å². The number of pyridine rings is 1. The zero-order valence-corrected chi connectivity index (χ0v) is 14.7. The molecule has 3 rings (SSSR count). The summed E-state index contributed by atoms with van der Waals surface area (Å²) in [6, 6.07) is 11.1. The lowest BCUT2D eigenvalue weighted by atomic mass is 10.0. The Morgan fingerprint density at radius 1 is 1.19 bits per heavy atom. The van der Waals surface area contributed by atoms with Crippen LogP contribution in [0.3, 0.4) is 0 Å². The third kappa shape index (κ3) is 3.74. The summed E-state index contributed by atoms with van der Waals surface area (Å²) in [4.78, 5) is 29.0. The lowest BCUT2D eigenvalue weighted by molar-refractivity contribution is -0.124. The van der Waals surface area contributed by atoms with Crippen molar-refractivity contribution in [3.63, 3.8) is 0 Å². The van der Waals surface area contributed by atoms with Gasteiger partial charge in [-0.15, -0.1) is 0 Å². The lowest BCUT2D eigenvalue weighted by Crippen LogP contribution is -2.28. The van der Waals surface area contributed by atoms with Gasteiger partial charge in [0.1, 0.15) is 5.76 Å². The summed E-state index contributed by atoms with van der Waals surface area (Å²) in [5, 5.41) is 3.54. The summed E-state index contributed by atoms with van der Waals surface area (Å²) in [7, 11) is 0. The first kappa shape index (κ1) is 17.7. The molecule has 0 aliphatic heterocycles. The molecule has 1 amide bonds. The summed E-state index contributed by atoms with van der Waals surface area (Å²) in [5.41, 5.74) is 2.76. The van der Waals surface area contributed by atoms with Gasteiger partial charge in [-0.05, 0) is 37.1 Å². The number of rotatable bonds is 6. The fourth-order valence-corrected chi connectivity index (χ4v) is 2.82. The zero-order valence-electron chi connectivity index (χ0n) is 14.7. The maximum absolute atomic E-state index is 12.6. The highest BCUT2D eigenvalue weighted by atomic mass is 16.5. The number of hydrogen-bond donors (Lipinski definition) is 1. The van der Waals surface area contributed by atoms with Gasteiger partial charge in [-0.1, -0.05) is 25.1 Å². The number of carbonyl (C=O) groups is 2. The number of esters is 1. The number of para-hydroxylation sites is 1. The number of ether oxygens (including phenoxy) is 1. The third-order valence-corrected chi connectivity index (χ3v) is 4.14. The van der Waals surface area contributed by atoms with E-state index in [4.69, 9.17) is 9.15 Å². The van der Waals surface area contributed by atoms with Gasteiger partial charge in [-0.25, -0.2) is 4.79 Å². The molecule has 1 aromatic carbocycles. The van der Waals surface area contributed by atoms with Crippen LogP contribution in [0.2, 0.25) is 0 Å². The van der Waals surface area contributed by atoms with E-state index in [0.717, 1.165) is 16.5 Å². The van der Waals surface area contributed by atoms with Crippen LogP contribution in [0, 0.1) is 6.92 Å². The largest absolute Gasteiger partial charge is 0.467 e. The fraction of sp³-hybridized carbons (Fsp3) is 0.250. The molecule has 0 radical (unpaired) electrons. The maximum Gasteiger partial charge on any atom is 0.340 e. The Kier molecular flexibility index (Phi) is 5.31. The molecular weight excluding hydrogens is 332 g/mol. The quantitative estimate of drug-likeness (QED) is 0.689. The molecule has 6 heteroatoms. The van der Waals surface area contributed by atoms with E-state index in [0.29, 0.717) is 23.4 Å². The van der Waals surface area contributed by atoms with E-state index in [1.807, 2.05) is 38.1 Å². The smallest absolute Gasteiger partial charge is 0.340 e. The SMILES string of the molecule is CCc1nc2ccccc2c(C)c1C(=O)OCC(=O)NCc1ccco1. The number of benzene rings is 1. The van der Waals surface area contributed by atoms with Crippen LogP contribution < -0.4 is 5.32 Å². The number of aromatic nitrogens is 1. The predicted molar refractivity (Wildman–Crippen MR) is 96.7 cm³/mol. The molecular formula is C20H20N2O4. The number of aryl methyl sites for hydroxylation is 2. The van der Waals surface area contributed by atoms with Gasteiger partial charge in [0, 0.05) is 5.39 Å². The topological polar surface area (TPSA) is 81.4 Å². The van der Waals surface area contributed by atoms with E-state index in [1.54, 1.807) is 12.1 Å². The second kappa shape index (κ2) is 7.82. The van der Waals surface area contributed by atoms with Gasteiger partial charge in [0.2, 0.25) is 0 Å². The van der Waals surface area contributed by atoms with Crippen LogP contribution in [0.4, 0.5) is 0 Å². The second-order valence-corrected chi connectivity index (χ2v) is 5.86. The first-order valence-corrected chi connectivity index (χ1v) is 8.44. The fourth-order valence-electron chi connectivity index (χ4n) is 2.82. The monoisotopic (exact) mass is 352 g/mol. The lowest BCUT2D eigenvalue weighted by Gasteiger charge is -2.13. The summed E-state index contributed by atoms with van der Waals surface area (Å²) >= 11 is 0.